The Hall–Kier alpha value is -1.70. The highest BCUT2D eigenvalue weighted by Crippen LogP contribution is 2.51. The van der Waals surface area contributed by atoms with Gasteiger partial charge in [0.2, 0.25) is 0 Å². The van der Waals surface area contributed by atoms with Crippen LogP contribution in [0.3, 0.4) is 0 Å². The van der Waals surface area contributed by atoms with Gasteiger partial charge in [0.1, 0.15) is 5.03 Å². The van der Waals surface area contributed by atoms with E-state index in [-0.39, 0.29) is 11.8 Å². The number of aliphatic carboxylic acids is 1. The van der Waals surface area contributed by atoms with Crippen LogP contribution in [0, 0.1) is 5.41 Å². The average molecular weight is 265 g/mol. The smallest absolute Gasteiger partial charge is 0.303 e. The minimum atomic E-state index is -0.730. The first-order chi connectivity index (χ1) is 8.69. The predicted molar refractivity (Wildman–Crippen MR) is 63.2 cm³/mol. The van der Waals surface area contributed by atoms with Crippen LogP contribution in [0.25, 0.3) is 5.65 Å². The molecule has 18 heavy (non-hydrogen) atoms. The Labute approximate surface area is 107 Å². The van der Waals surface area contributed by atoms with Crippen LogP contribution in [0.15, 0.2) is 17.4 Å². The third-order valence-electron chi connectivity index (χ3n) is 3.09. The highest BCUT2D eigenvalue weighted by Gasteiger charge is 2.44. The number of hydrogen-bond donors (Lipinski definition) is 1. The quantitative estimate of drug-likeness (QED) is 0.801. The molecule has 2 heterocycles. The first-order valence-corrected chi connectivity index (χ1v) is 6.54. The van der Waals surface area contributed by atoms with E-state index in [9.17, 15) is 4.79 Å². The molecule has 0 aliphatic heterocycles. The van der Waals surface area contributed by atoms with Gasteiger partial charge in [-0.25, -0.2) is 0 Å². The molecule has 0 saturated heterocycles. The Bertz CT molecular complexity index is 595. The normalized spacial score (nSPS) is 16.9. The van der Waals surface area contributed by atoms with Gasteiger partial charge in [0.05, 0.1) is 18.8 Å². The number of tetrazole rings is 1. The number of carboxylic acids is 1. The van der Waals surface area contributed by atoms with Crippen molar-refractivity contribution in [2.24, 2.45) is 5.41 Å². The number of aromatic nitrogens is 5. The molecule has 0 aromatic carbocycles. The summed E-state index contributed by atoms with van der Waals surface area (Å²) in [6, 6.07) is 0. The standard InChI is InChI=1S/C10H11N5O2S/c16-9(17)3-10(1-2-10)6-18-8-5-11-4-7-12-13-14-15(7)8/h4-5H,1-3,6H2,(H,16,17). The van der Waals surface area contributed by atoms with Crippen LogP contribution in [-0.4, -0.2) is 41.9 Å². The zero-order chi connectivity index (χ0) is 12.6. The second-order valence-electron chi connectivity index (χ2n) is 4.55. The highest BCUT2D eigenvalue weighted by atomic mass is 32.2. The zero-order valence-corrected chi connectivity index (χ0v) is 10.3. The predicted octanol–water partition coefficient (Wildman–Crippen LogP) is 0.866. The Morgan fingerprint density at radius 3 is 3.06 bits per heavy atom. The Morgan fingerprint density at radius 1 is 1.50 bits per heavy atom. The SMILES string of the molecule is O=C(O)CC1(CSc2cncc3nnnn23)CC1. The Balaban J connectivity index is 1.74. The lowest BCUT2D eigenvalue weighted by atomic mass is 10.1. The fourth-order valence-corrected chi connectivity index (χ4v) is 3.08. The second kappa shape index (κ2) is 4.20. The third-order valence-corrected chi connectivity index (χ3v) is 4.42. The first kappa shape index (κ1) is 11.4. The Morgan fingerprint density at radius 2 is 2.33 bits per heavy atom. The molecule has 0 spiro atoms. The van der Waals surface area contributed by atoms with E-state index in [1.54, 1.807) is 28.7 Å². The molecule has 0 unspecified atom stereocenters. The van der Waals surface area contributed by atoms with Gasteiger partial charge in [-0.1, -0.05) is 0 Å². The van der Waals surface area contributed by atoms with Crippen LogP contribution < -0.4 is 0 Å². The van der Waals surface area contributed by atoms with Crippen molar-refractivity contribution in [3.05, 3.63) is 12.4 Å². The van der Waals surface area contributed by atoms with Crippen LogP contribution in [0.1, 0.15) is 19.3 Å². The van der Waals surface area contributed by atoms with Crippen LogP contribution in [0.5, 0.6) is 0 Å². The average Bonchev–Trinajstić information content (AvgIpc) is 2.91. The molecule has 3 rings (SSSR count). The van der Waals surface area contributed by atoms with Gasteiger partial charge in [-0.2, -0.15) is 4.52 Å². The van der Waals surface area contributed by atoms with Crippen molar-refractivity contribution in [1.29, 1.82) is 0 Å². The van der Waals surface area contributed by atoms with Gasteiger partial charge in [-0.15, -0.1) is 16.9 Å². The number of thioether (sulfide) groups is 1. The minimum Gasteiger partial charge on any atom is -0.481 e. The molecular formula is C10H11N5O2S. The van der Waals surface area contributed by atoms with Gasteiger partial charge >= 0.3 is 5.97 Å². The fourth-order valence-electron chi connectivity index (χ4n) is 1.85. The largest absolute Gasteiger partial charge is 0.481 e. The van der Waals surface area contributed by atoms with Crippen molar-refractivity contribution in [3.63, 3.8) is 0 Å². The maximum atomic E-state index is 10.8. The van der Waals surface area contributed by atoms with Crippen LogP contribution in [0.4, 0.5) is 0 Å². The molecule has 1 aliphatic rings. The van der Waals surface area contributed by atoms with Gasteiger partial charge in [0.25, 0.3) is 0 Å². The van der Waals surface area contributed by atoms with Crippen molar-refractivity contribution in [2.45, 2.75) is 24.3 Å². The van der Waals surface area contributed by atoms with E-state index in [0.29, 0.717) is 5.65 Å². The summed E-state index contributed by atoms with van der Waals surface area (Å²) in [5.74, 6) is 0.0341. The number of hydrogen-bond acceptors (Lipinski definition) is 6. The summed E-state index contributed by atoms with van der Waals surface area (Å²) in [6.07, 6.45) is 5.48. The van der Waals surface area contributed by atoms with Crippen molar-refractivity contribution in [3.8, 4) is 0 Å². The van der Waals surface area contributed by atoms with Gasteiger partial charge in [0, 0.05) is 5.75 Å². The molecule has 1 aliphatic carbocycles. The molecule has 8 heteroatoms. The van der Waals surface area contributed by atoms with Crippen LogP contribution >= 0.6 is 11.8 Å². The summed E-state index contributed by atoms with van der Waals surface area (Å²) in [4.78, 5) is 14.8. The van der Waals surface area contributed by atoms with Gasteiger partial charge in [-0.05, 0) is 28.7 Å². The summed E-state index contributed by atoms with van der Waals surface area (Å²) < 4.78 is 1.62. The number of nitrogens with zero attached hydrogens (tertiary/aromatic N) is 5. The minimum absolute atomic E-state index is 0.0489. The monoisotopic (exact) mass is 265 g/mol. The molecule has 0 amide bonds. The molecule has 0 bridgehead atoms. The van der Waals surface area contributed by atoms with E-state index in [1.807, 2.05) is 0 Å². The topological polar surface area (TPSA) is 93.3 Å². The molecule has 1 fully saturated rings. The second-order valence-corrected chi connectivity index (χ2v) is 5.55. The number of rotatable bonds is 5. The van der Waals surface area contributed by atoms with Crippen LogP contribution in [-0.2, 0) is 4.79 Å². The number of fused-ring (bicyclic) bond motifs is 1. The molecule has 7 nitrogen and oxygen atoms in total. The maximum absolute atomic E-state index is 10.8. The summed E-state index contributed by atoms with van der Waals surface area (Å²) in [6.45, 7) is 0. The molecule has 0 radical (unpaired) electrons. The lowest BCUT2D eigenvalue weighted by molar-refractivity contribution is -0.138. The van der Waals surface area contributed by atoms with E-state index in [1.165, 1.54) is 0 Å². The van der Waals surface area contributed by atoms with Crippen molar-refractivity contribution in [2.75, 3.05) is 5.75 Å². The number of carbonyl (C=O) groups is 1. The lowest BCUT2D eigenvalue weighted by Gasteiger charge is -2.11. The van der Waals surface area contributed by atoms with Crippen molar-refractivity contribution in [1.82, 2.24) is 25.0 Å². The van der Waals surface area contributed by atoms with E-state index < -0.39 is 5.97 Å². The van der Waals surface area contributed by atoms with Gasteiger partial charge < -0.3 is 5.11 Å². The molecule has 0 atom stereocenters. The molecule has 2 aromatic rings. The molecular weight excluding hydrogens is 254 g/mol. The third kappa shape index (κ3) is 2.15. The number of carboxylic acid groups (broad SMARTS) is 1. The van der Waals surface area contributed by atoms with Gasteiger partial charge in [0.15, 0.2) is 5.65 Å². The molecule has 2 aromatic heterocycles. The summed E-state index contributed by atoms with van der Waals surface area (Å²) >= 11 is 1.56. The fraction of sp³-hybridized carbons (Fsp3) is 0.500. The summed E-state index contributed by atoms with van der Waals surface area (Å²) in [5, 5.41) is 21.0. The maximum Gasteiger partial charge on any atom is 0.303 e. The summed E-state index contributed by atoms with van der Waals surface area (Å²) in [7, 11) is 0. The van der Waals surface area contributed by atoms with Crippen molar-refractivity contribution < 1.29 is 9.90 Å². The summed E-state index contributed by atoms with van der Waals surface area (Å²) in [5.41, 5.74) is 0.551. The lowest BCUT2D eigenvalue weighted by Crippen LogP contribution is -2.11. The van der Waals surface area contributed by atoms with Gasteiger partial charge in [-0.3, -0.25) is 9.78 Å². The van der Waals surface area contributed by atoms with E-state index >= 15 is 0 Å². The van der Waals surface area contributed by atoms with Crippen molar-refractivity contribution >= 4 is 23.4 Å². The van der Waals surface area contributed by atoms with E-state index in [0.717, 1.165) is 23.6 Å². The first-order valence-electron chi connectivity index (χ1n) is 5.55. The van der Waals surface area contributed by atoms with Crippen LogP contribution in [0.2, 0.25) is 0 Å². The Kier molecular flexibility index (Phi) is 2.66. The van der Waals surface area contributed by atoms with E-state index in [4.69, 9.17) is 5.11 Å². The van der Waals surface area contributed by atoms with E-state index in [2.05, 4.69) is 20.5 Å². The molecule has 1 N–H and O–H groups in total. The molecule has 1 saturated carbocycles. The zero-order valence-electron chi connectivity index (χ0n) is 9.48. The highest BCUT2D eigenvalue weighted by molar-refractivity contribution is 7.99. The molecule has 94 valence electrons.